The van der Waals surface area contributed by atoms with Gasteiger partial charge < -0.3 is 9.47 Å². The van der Waals surface area contributed by atoms with Crippen LogP contribution in [0.1, 0.15) is 22.6 Å². The maximum absolute atomic E-state index is 13.1. The monoisotopic (exact) mass is 425 g/mol. The maximum Gasteiger partial charge on any atom is 0.262 e. The second kappa shape index (κ2) is 7.27. The first-order valence-corrected chi connectivity index (χ1v) is 11.0. The van der Waals surface area contributed by atoms with Crippen LogP contribution in [0.15, 0.2) is 34.7 Å². The Labute approximate surface area is 175 Å². The molecule has 0 bridgehead atoms. The molecule has 0 atom stereocenters. The van der Waals surface area contributed by atoms with Gasteiger partial charge in [0.2, 0.25) is 0 Å². The number of benzene rings is 1. The molecule has 6 nitrogen and oxygen atoms in total. The Morgan fingerprint density at radius 1 is 1.21 bits per heavy atom. The molecule has 0 spiro atoms. The summed E-state index contributed by atoms with van der Waals surface area (Å²) in [5.74, 6) is 1.32. The van der Waals surface area contributed by atoms with Crippen LogP contribution >= 0.6 is 22.7 Å². The molecule has 148 valence electrons. The van der Waals surface area contributed by atoms with E-state index >= 15 is 0 Å². The van der Waals surface area contributed by atoms with Crippen molar-refractivity contribution in [3.63, 3.8) is 0 Å². The van der Waals surface area contributed by atoms with Crippen molar-refractivity contribution in [3.8, 4) is 22.1 Å². The fourth-order valence-corrected chi connectivity index (χ4v) is 5.92. The van der Waals surface area contributed by atoms with E-state index in [1.165, 1.54) is 21.8 Å². The Morgan fingerprint density at radius 2 is 2.10 bits per heavy atom. The second-order valence-corrected chi connectivity index (χ2v) is 8.84. The SMILES string of the molecule is COc1cccc(-c2nc(Cn3cnc4sc5c(c4c3=O)CCC5)cs2)c1OC. The van der Waals surface area contributed by atoms with E-state index in [0.29, 0.717) is 18.0 Å². The molecule has 1 aliphatic rings. The van der Waals surface area contributed by atoms with Crippen LogP contribution in [0.3, 0.4) is 0 Å². The van der Waals surface area contributed by atoms with Crippen LogP contribution in [-0.4, -0.2) is 28.8 Å². The largest absolute Gasteiger partial charge is 0.493 e. The van der Waals surface area contributed by atoms with Crippen LogP contribution in [0.4, 0.5) is 0 Å². The minimum Gasteiger partial charge on any atom is -0.493 e. The van der Waals surface area contributed by atoms with Gasteiger partial charge in [-0.1, -0.05) is 6.07 Å². The molecule has 0 saturated heterocycles. The summed E-state index contributed by atoms with van der Waals surface area (Å²) < 4.78 is 12.6. The average molecular weight is 426 g/mol. The number of ether oxygens (including phenoxy) is 2. The highest BCUT2D eigenvalue weighted by Crippen LogP contribution is 2.39. The van der Waals surface area contributed by atoms with Crippen molar-refractivity contribution < 1.29 is 9.47 Å². The lowest BCUT2D eigenvalue weighted by Crippen LogP contribution is -2.21. The molecular weight excluding hydrogens is 406 g/mol. The highest BCUT2D eigenvalue weighted by molar-refractivity contribution is 7.18. The van der Waals surface area contributed by atoms with E-state index in [-0.39, 0.29) is 5.56 Å². The molecule has 8 heteroatoms. The van der Waals surface area contributed by atoms with Crippen LogP contribution in [0, 0.1) is 0 Å². The van der Waals surface area contributed by atoms with Gasteiger partial charge in [0.05, 0.1) is 43.7 Å². The van der Waals surface area contributed by atoms with Gasteiger partial charge in [0, 0.05) is 10.3 Å². The second-order valence-electron chi connectivity index (χ2n) is 6.90. The number of aromatic nitrogens is 3. The molecule has 0 aliphatic heterocycles. The van der Waals surface area contributed by atoms with Gasteiger partial charge >= 0.3 is 0 Å². The number of hydrogen-bond acceptors (Lipinski definition) is 7. The topological polar surface area (TPSA) is 66.2 Å². The Bertz CT molecular complexity index is 1270. The van der Waals surface area contributed by atoms with Gasteiger partial charge in [-0.25, -0.2) is 9.97 Å². The number of methoxy groups -OCH3 is 2. The molecule has 0 N–H and O–H groups in total. The summed E-state index contributed by atoms with van der Waals surface area (Å²) in [4.78, 5) is 24.5. The first-order valence-electron chi connectivity index (χ1n) is 9.35. The zero-order valence-corrected chi connectivity index (χ0v) is 17.7. The van der Waals surface area contributed by atoms with E-state index in [1.54, 1.807) is 36.5 Å². The van der Waals surface area contributed by atoms with Gasteiger partial charge in [0.15, 0.2) is 11.5 Å². The highest BCUT2D eigenvalue weighted by Gasteiger charge is 2.21. The zero-order chi connectivity index (χ0) is 20.0. The number of fused-ring (bicyclic) bond motifs is 3. The average Bonchev–Trinajstić information content (AvgIpc) is 3.45. The fourth-order valence-electron chi connectivity index (χ4n) is 3.87. The third-order valence-corrected chi connectivity index (χ3v) is 7.33. The molecule has 0 unspecified atom stereocenters. The lowest BCUT2D eigenvalue weighted by molar-refractivity contribution is 0.356. The molecule has 1 aromatic carbocycles. The molecule has 3 heterocycles. The lowest BCUT2D eigenvalue weighted by atomic mass is 10.2. The normalized spacial score (nSPS) is 13.0. The summed E-state index contributed by atoms with van der Waals surface area (Å²) in [5.41, 5.74) is 2.93. The lowest BCUT2D eigenvalue weighted by Gasteiger charge is -2.10. The predicted octanol–water partition coefficient (Wildman–Crippen LogP) is 4.14. The minimum atomic E-state index is 0.0305. The Balaban J connectivity index is 1.50. The van der Waals surface area contributed by atoms with Crippen molar-refractivity contribution in [1.82, 2.24) is 14.5 Å². The fraction of sp³-hybridized carbons (Fsp3) is 0.286. The summed E-state index contributed by atoms with van der Waals surface area (Å²) in [6, 6.07) is 5.73. The minimum absolute atomic E-state index is 0.0305. The van der Waals surface area contributed by atoms with Crippen molar-refractivity contribution in [1.29, 1.82) is 0 Å². The van der Waals surface area contributed by atoms with E-state index in [9.17, 15) is 4.79 Å². The third kappa shape index (κ3) is 3.03. The Morgan fingerprint density at radius 3 is 2.93 bits per heavy atom. The summed E-state index contributed by atoms with van der Waals surface area (Å²) in [7, 11) is 3.24. The first kappa shape index (κ1) is 18.3. The number of rotatable bonds is 5. The van der Waals surface area contributed by atoms with Crippen molar-refractivity contribution >= 4 is 32.9 Å². The van der Waals surface area contributed by atoms with Gasteiger partial charge in [-0.3, -0.25) is 9.36 Å². The standard InChI is InChI=1S/C21H19N3O3S2/c1-26-15-7-3-6-14(18(15)27-2)19-23-12(10-28-19)9-24-11-22-20-17(21(24)25)13-5-4-8-16(13)29-20/h3,6-7,10-11H,4-5,8-9H2,1-2H3. The van der Waals surface area contributed by atoms with Crippen LogP contribution < -0.4 is 15.0 Å². The van der Waals surface area contributed by atoms with Crippen molar-refractivity contribution in [2.75, 3.05) is 14.2 Å². The number of hydrogen-bond donors (Lipinski definition) is 0. The third-order valence-electron chi connectivity index (χ3n) is 5.21. The molecule has 0 fully saturated rings. The van der Waals surface area contributed by atoms with Crippen LogP contribution in [0.2, 0.25) is 0 Å². The van der Waals surface area contributed by atoms with Crippen molar-refractivity contribution in [3.05, 3.63) is 56.4 Å². The molecule has 5 rings (SSSR count). The molecule has 0 saturated carbocycles. The number of thiazole rings is 1. The zero-order valence-electron chi connectivity index (χ0n) is 16.1. The summed E-state index contributed by atoms with van der Waals surface area (Å²) in [5, 5.41) is 3.60. The van der Waals surface area contributed by atoms with Gasteiger partial charge in [-0.15, -0.1) is 22.7 Å². The van der Waals surface area contributed by atoms with Crippen LogP contribution in [0.25, 0.3) is 20.8 Å². The van der Waals surface area contributed by atoms with Gasteiger partial charge in [0.1, 0.15) is 9.84 Å². The predicted molar refractivity (Wildman–Crippen MR) is 116 cm³/mol. The molecule has 4 aromatic rings. The van der Waals surface area contributed by atoms with E-state index in [4.69, 9.17) is 14.5 Å². The summed E-state index contributed by atoms with van der Waals surface area (Å²) >= 11 is 3.18. The Kier molecular flexibility index (Phi) is 4.60. The van der Waals surface area contributed by atoms with Gasteiger partial charge in [-0.05, 0) is 37.0 Å². The van der Waals surface area contributed by atoms with Gasteiger partial charge in [0.25, 0.3) is 5.56 Å². The highest BCUT2D eigenvalue weighted by atomic mass is 32.1. The number of nitrogens with zero attached hydrogens (tertiary/aromatic N) is 3. The van der Waals surface area contributed by atoms with Crippen molar-refractivity contribution in [2.24, 2.45) is 0 Å². The van der Waals surface area contributed by atoms with Crippen LogP contribution in [-0.2, 0) is 19.4 Å². The number of para-hydroxylation sites is 1. The smallest absolute Gasteiger partial charge is 0.262 e. The van der Waals surface area contributed by atoms with Crippen LogP contribution in [0.5, 0.6) is 11.5 Å². The number of thiophene rings is 1. The summed E-state index contributed by atoms with van der Waals surface area (Å²) in [6.07, 6.45) is 4.81. The van der Waals surface area contributed by atoms with E-state index in [1.807, 2.05) is 23.6 Å². The molecule has 0 radical (unpaired) electrons. The molecule has 0 amide bonds. The quantitative estimate of drug-likeness (QED) is 0.481. The number of aryl methyl sites for hydroxylation is 2. The maximum atomic E-state index is 13.1. The molecule has 3 aromatic heterocycles. The molecular formula is C21H19N3O3S2. The van der Waals surface area contributed by atoms with E-state index in [2.05, 4.69) is 4.98 Å². The first-order chi connectivity index (χ1) is 14.2. The van der Waals surface area contributed by atoms with Gasteiger partial charge in [-0.2, -0.15) is 0 Å². The Hall–Kier alpha value is -2.71. The summed E-state index contributed by atoms with van der Waals surface area (Å²) in [6.45, 7) is 0.398. The van der Waals surface area contributed by atoms with E-state index < -0.39 is 0 Å². The van der Waals surface area contributed by atoms with E-state index in [0.717, 1.165) is 45.7 Å². The molecule has 29 heavy (non-hydrogen) atoms. The van der Waals surface area contributed by atoms with Crippen molar-refractivity contribution in [2.45, 2.75) is 25.8 Å². The molecule has 1 aliphatic carbocycles.